The highest BCUT2D eigenvalue weighted by Crippen LogP contribution is 2.27. The second-order valence-corrected chi connectivity index (χ2v) is 8.73. The number of aromatic nitrogens is 1. The molecule has 0 saturated carbocycles. The third kappa shape index (κ3) is 4.99. The number of hydrogen-bond acceptors (Lipinski definition) is 4. The molecule has 0 amide bonds. The van der Waals surface area contributed by atoms with Gasteiger partial charge in [0.1, 0.15) is 0 Å². The topological polar surface area (TPSA) is 60.4 Å². The maximum Gasteiger partial charge on any atom is 0.269 e. The van der Waals surface area contributed by atoms with Gasteiger partial charge in [-0.1, -0.05) is 40.9 Å². The van der Waals surface area contributed by atoms with E-state index in [2.05, 4.69) is 0 Å². The molecule has 3 aromatic carbocycles. The van der Waals surface area contributed by atoms with Crippen molar-refractivity contribution in [3.63, 3.8) is 0 Å². The highest BCUT2D eigenvalue weighted by atomic mass is 35.5. The minimum Gasteiger partial charge on any atom is -0.312 e. The Labute approximate surface area is 196 Å². The van der Waals surface area contributed by atoms with E-state index in [4.69, 9.17) is 39.8 Å². The molecule has 0 aliphatic rings. The standard InChI is InChI=1S/C22H14Cl3N3O2S/c23-16-5-7-18(8-6-16)26-22-27(12-15-1-4-17(24)11-20(15)25)21(13-31-22)14-2-9-19(10-3-14)28(29)30/h1-11,13H,12H2. The minimum absolute atomic E-state index is 0.0392. The van der Waals surface area contributed by atoms with Crippen molar-refractivity contribution in [1.82, 2.24) is 4.57 Å². The van der Waals surface area contributed by atoms with Crippen molar-refractivity contribution >= 4 is 57.5 Å². The number of rotatable bonds is 5. The summed E-state index contributed by atoms with van der Waals surface area (Å²) in [6, 6.07) is 19.0. The maximum atomic E-state index is 11.0. The first-order chi connectivity index (χ1) is 14.9. The third-order valence-corrected chi connectivity index (χ3v) is 6.27. The second-order valence-electron chi connectivity index (χ2n) is 6.62. The van der Waals surface area contributed by atoms with E-state index in [0.717, 1.165) is 27.3 Å². The SMILES string of the molecule is O=[N+]([O-])c1ccc(-c2csc(=Nc3ccc(Cl)cc3)n2Cc2ccc(Cl)cc2Cl)cc1. The Kier molecular flexibility index (Phi) is 6.43. The molecule has 0 spiro atoms. The van der Waals surface area contributed by atoms with Crippen molar-refractivity contribution in [1.29, 1.82) is 0 Å². The number of non-ortho nitro benzene ring substituents is 1. The number of nitrogens with zero attached hydrogens (tertiary/aromatic N) is 3. The van der Waals surface area contributed by atoms with Crippen molar-refractivity contribution < 1.29 is 4.92 Å². The molecule has 0 aliphatic heterocycles. The second kappa shape index (κ2) is 9.24. The summed E-state index contributed by atoms with van der Waals surface area (Å²) in [5, 5.41) is 14.7. The lowest BCUT2D eigenvalue weighted by molar-refractivity contribution is -0.384. The fraction of sp³-hybridized carbons (Fsp3) is 0.0455. The first kappa shape index (κ1) is 21.6. The highest BCUT2D eigenvalue weighted by Gasteiger charge is 2.13. The molecule has 0 fully saturated rings. The van der Waals surface area contributed by atoms with Crippen LogP contribution in [0.25, 0.3) is 11.3 Å². The number of hydrogen-bond donors (Lipinski definition) is 0. The summed E-state index contributed by atoms with van der Waals surface area (Å²) in [5.41, 5.74) is 3.39. The monoisotopic (exact) mass is 489 g/mol. The molecular weight excluding hydrogens is 477 g/mol. The molecule has 0 bridgehead atoms. The van der Waals surface area contributed by atoms with Gasteiger partial charge >= 0.3 is 0 Å². The first-order valence-corrected chi connectivity index (χ1v) is 11.1. The Balaban J connectivity index is 1.84. The molecule has 5 nitrogen and oxygen atoms in total. The van der Waals surface area contributed by atoms with Gasteiger partial charge in [0.25, 0.3) is 5.69 Å². The van der Waals surface area contributed by atoms with Crippen molar-refractivity contribution in [2.75, 3.05) is 0 Å². The van der Waals surface area contributed by atoms with Crippen molar-refractivity contribution in [2.45, 2.75) is 6.54 Å². The van der Waals surface area contributed by atoms with Gasteiger partial charge in [0, 0.05) is 32.6 Å². The molecule has 0 unspecified atom stereocenters. The van der Waals surface area contributed by atoms with Crippen molar-refractivity contribution in [3.8, 4) is 11.3 Å². The van der Waals surface area contributed by atoms with Crippen molar-refractivity contribution in [3.05, 3.63) is 108 Å². The van der Waals surface area contributed by atoms with Gasteiger partial charge in [-0.2, -0.15) is 0 Å². The van der Waals surface area contributed by atoms with E-state index < -0.39 is 4.92 Å². The normalized spacial score (nSPS) is 11.6. The van der Waals surface area contributed by atoms with Crippen LogP contribution in [0.2, 0.25) is 15.1 Å². The number of halogens is 3. The molecule has 31 heavy (non-hydrogen) atoms. The Morgan fingerprint density at radius 3 is 2.26 bits per heavy atom. The van der Waals surface area contributed by atoms with E-state index >= 15 is 0 Å². The third-order valence-electron chi connectivity index (χ3n) is 4.57. The van der Waals surface area contributed by atoms with Crippen LogP contribution in [0, 0.1) is 10.1 Å². The van der Waals surface area contributed by atoms with E-state index in [0.29, 0.717) is 21.6 Å². The molecule has 4 rings (SSSR count). The van der Waals surface area contributed by atoms with Gasteiger partial charge in [0.15, 0.2) is 4.80 Å². The summed E-state index contributed by atoms with van der Waals surface area (Å²) >= 11 is 19.9. The summed E-state index contributed by atoms with van der Waals surface area (Å²) < 4.78 is 2.02. The Morgan fingerprint density at radius 1 is 0.935 bits per heavy atom. The van der Waals surface area contributed by atoms with Crippen LogP contribution in [0.1, 0.15) is 5.56 Å². The molecule has 156 valence electrons. The summed E-state index contributed by atoms with van der Waals surface area (Å²) in [5.74, 6) is 0. The number of benzene rings is 3. The van der Waals surface area contributed by atoms with E-state index in [1.165, 1.54) is 23.5 Å². The zero-order valence-electron chi connectivity index (χ0n) is 15.8. The lowest BCUT2D eigenvalue weighted by atomic mass is 10.1. The van der Waals surface area contributed by atoms with Crippen LogP contribution in [-0.2, 0) is 6.54 Å². The Bertz CT molecular complexity index is 1310. The van der Waals surface area contributed by atoms with Gasteiger partial charge in [-0.05, 0) is 59.7 Å². The molecule has 0 N–H and O–H groups in total. The zero-order chi connectivity index (χ0) is 22.0. The van der Waals surface area contributed by atoms with Gasteiger partial charge in [0.05, 0.1) is 22.8 Å². The highest BCUT2D eigenvalue weighted by molar-refractivity contribution is 7.07. The number of nitro groups is 1. The molecule has 0 atom stereocenters. The molecule has 0 radical (unpaired) electrons. The summed E-state index contributed by atoms with van der Waals surface area (Å²) in [7, 11) is 0. The Hall–Kier alpha value is -2.64. The molecular formula is C22H14Cl3N3O2S. The van der Waals surface area contributed by atoms with E-state index in [1.54, 1.807) is 36.4 Å². The average molecular weight is 491 g/mol. The number of nitro benzene ring substituents is 1. The average Bonchev–Trinajstić information content (AvgIpc) is 3.14. The molecule has 0 aliphatic carbocycles. The molecule has 0 saturated heterocycles. The van der Waals surface area contributed by atoms with Crippen LogP contribution in [-0.4, -0.2) is 9.49 Å². The lowest BCUT2D eigenvalue weighted by Gasteiger charge is -2.11. The van der Waals surface area contributed by atoms with Gasteiger partial charge in [-0.3, -0.25) is 10.1 Å². The molecule has 9 heteroatoms. The fourth-order valence-corrected chi connectivity index (χ4v) is 4.53. The predicted molar refractivity (Wildman–Crippen MR) is 127 cm³/mol. The van der Waals surface area contributed by atoms with E-state index in [1.807, 2.05) is 28.1 Å². The predicted octanol–water partition coefficient (Wildman–Crippen LogP) is 7.37. The summed E-state index contributed by atoms with van der Waals surface area (Å²) in [4.78, 5) is 16.1. The summed E-state index contributed by atoms with van der Waals surface area (Å²) in [6.45, 7) is 0.457. The van der Waals surface area contributed by atoms with E-state index in [-0.39, 0.29) is 5.69 Å². The zero-order valence-corrected chi connectivity index (χ0v) is 18.9. The molecule has 4 aromatic rings. The molecule has 1 heterocycles. The smallest absolute Gasteiger partial charge is 0.269 e. The van der Waals surface area contributed by atoms with Crippen LogP contribution in [0.15, 0.2) is 77.1 Å². The van der Waals surface area contributed by atoms with Crippen LogP contribution in [0.3, 0.4) is 0 Å². The first-order valence-electron chi connectivity index (χ1n) is 9.08. The summed E-state index contributed by atoms with van der Waals surface area (Å²) in [6.07, 6.45) is 0. The minimum atomic E-state index is -0.416. The van der Waals surface area contributed by atoms with Crippen LogP contribution >= 0.6 is 46.1 Å². The van der Waals surface area contributed by atoms with Gasteiger partial charge in [-0.15, -0.1) is 11.3 Å². The van der Waals surface area contributed by atoms with Crippen molar-refractivity contribution in [2.24, 2.45) is 4.99 Å². The van der Waals surface area contributed by atoms with Gasteiger partial charge < -0.3 is 4.57 Å². The quantitative estimate of drug-likeness (QED) is 0.217. The van der Waals surface area contributed by atoms with Crippen LogP contribution < -0.4 is 4.80 Å². The largest absolute Gasteiger partial charge is 0.312 e. The van der Waals surface area contributed by atoms with Crippen LogP contribution in [0.4, 0.5) is 11.4 Å². The maximum absolute atomic E-state index is 11.0. The fourth-order valence-electron chi connectivity index (χ4n) is 3.00. The van der Waals surface area contributed by atoms with Gasteiger partial charge in [0.2, 0.25) is 0 Å². The lowest BCUT2D eigenvalue weighted by Crippen LogP contribution is -2.17. The molecule has 1 aromatic heterocycles. The van der Waals surface area contributed by atoms with E-state index in [9.17, 15) is 10.1 Å². The van der Waals surface area contributed by atoms with Crippen LogP contribution in [0.5, 0.6) is 0 Å². The number of thiazole rings is 1. The van der Waals surface area contributed by atoms with Gasteiger partial charge in [-0.25, -0.2) is 4.99 Å². The Morgan fingerprint density at radius 2 is 1.61 bits per heavy atom.